The minimum absolute atomic E-state index is 0.107. The lowest BCUT2D eigenvalue weighted by molar-refractivity contribution is -0.119. The Morgan fingerprint density at radius 1 is 1.64 bits per heavy atom. The van der Waals surface area contributed by atoms with Crippen LogP contribution in [0, 0.1) is 6.92 Å². The number of carbonyl (C=O) groups is 1. The molecule has 0 aliphatic carbocycles. The van der Waals surface area contributed by atoms with Crippen molar-refractivity contribution >= 4 is 11.7 Å². The molecular weight excluding hydrogens is 178 g/mol. The normalized spacial score (nSPS) is 20.6. The highest BCUT2D eigenvalue weighted by atomic mass is 16.1. The third-order valence-corrected chi connectivity index (χ3v) is 2.33. The van der Waals surface area contributed by atoms with Crippen LogP contribution in [0.1, 0.15) is 12.0 Å². The molecule has 0 spiro atoms. The summed E-state index contributed by atoms with van der Waals surface area (Å²) in [5, 5.41) is 6.03. The van der Waals surface area contributed by atoms with Gasteiger partial charge in [-0.1, -0.05) is 6.07 Å². The van der Waals surface area contributed by atoms with E-state index in [2.05, 4.69) is 15.6 Å². The minimum Gasteiger partial charge on any atom is -0.365 e. The van der Waals surface area contributed by atoms with Gasteiger partial charge in [-0.2, -0.15) is 0 Å². The molecule has 2 heterocycles. The summed E-state index contributed by atoms with van der Waals surface area (Å²) in [6.07, 6.45) is 2.29. The first kappa shape index (κ1) is 8.99. The quantitative estimate of drug-likeness (QED) is 0.723. The van der Waals surface area contributed by atoms with Crippen molar-refractivity contribution in [2.24, 2.45) is 0 Å². The first-order valence-corrected chi connectivity index (χ1v) is 4.70. The largest absolute Gasteiger partial charge is 0.365 e. The molecule has 4 heteroatoms. The Balaban J connectivity index is 2.04. The number of aryl methyl sites for hydroxylation is 1. The van der Waals surface area contributed by atoms with E-state index in [1.807, 2.05) is 19.1 Å². The highest BCUT2D eigenvalue weighted by molar-refractivity contribution is 5.79. The number of nitrogens with zero attached hydrogens (tertiary/aromatic N) is 1. The van der Waals surface area contributed by atoms with Crippen molar-refractivity contribution in [1.29, 1.82) is 0 Å². The van der Waals surface area contributed by atoms with Crippen LogP contribution in [0.3, 0.4) is 0 Å². The van der Waals surface area contributed by atoms with Crippen molar-refractivity contribution in [3.8, 4) is 0 Å². The van der Waals surface area contributed by atoms with Gasteiger partial charge in [-0.3, -0.25) is 4.79 Å². The van der Waals surface area contributed by atoms with Crippen LogP contribution in [0.5, 0.6) is 0 Å². The number of hydrogen-bond acceptors (Lipinski definition) is 3. The van der Waals surface area contributed by atoms with Gasteiger partial charge in [-0.25, -0.2) is 4.98 Å². The molecule has 74 valence electrons. The second kappa shape index (κ2) is 3.65. The summed E-state index contributed by atoms with van der Waals surface area (Å²) >= 11 is 0. The second-order valence-corrected chi connectivity index (χ2v) is 3.52. The van der Waals surface area contributed by atoms with Crippen molar-refractivity contribution in [3.63, 3.8) is 0 Å². The van der Waals surface area contributed by atoms with E-state index in [0.29, 0.717) is 13.0 Å². The predicted molar refractivity (Wildman–Crippen MR) is 54.0 cm³/mol. The Labute approximate surface area is 82.7 Å². The van der Waals surface area contributed by atoms with Gasteiger partial charge in [0.2, 0.25) is 5.91 Å². The Bertz CT molecular complexity index is 351. The molecule has 14 heavy (non-hydrogen) atoms. The van der Waals surface area contributed by atoms with Crippen LogP contribution in [0.4, 0.5) is 5.82 Å². The van der Waals surface area contributed by atoms with Gasteiger partial charge in [-0.15, -0.1) is 0 Å². The van der Waals surface area contributed by atoms with Crippen LogP contribution in [0.25, 0.3) is 0 Å². The molecule has 4 nitrogen and oxygen atoms in total. The van der Waals surface area contributed by atoms with Crippen LogP contribution >= 0.6 is 0 Å². The SMILES string of the molecule is Cc1cccnc1NC1CNC(=O)C1. The molecule has 1 aromatic heterocycles. The van der Waals surface area contributed by atoms with E-state index in [1.54, 1.807) is 6.20 Å². The molecule has 1 aliphatic heterocycles. The summed E-state index contributed by atoms with van der Waals surface area (Å²) in [7, 11) is 0. The number of nitrogens with one attached hydrogen (secondary N) is 2. The van der Waals surface area contributed by atoms with Gasteiger partial charge in [0.05, 0.1) is 6.04 Å². The molecule has 1 aliphatic rings. The zero-order valence-corrected chi connectivity index (χ0v) is 8.08. The fourth-order valence-electron chi connectivity index (χ4n) is 1.54. The lowest BCUT2D eigenvalue weighted by atomic mass is 10.2. The second-order valence-electron chi connectivity index (χ2n) is 3.52. The van der Waals surface area contributed by atoms with E-state index in [-0.39, 0.29) is 11.9 Å². The first-order valence-electron chi connectivity index (χ1n) is 4.70. The third-order valence-electron chi connectivity index (χ3n) is 2.33. The first-order chi connectivity index (χ1) is 6.75. The molecule has 0 saturated carbocycles. The molecular formula is C10H13N3O. The number of carbonyl (C=O) groups excluding carboxylic acids is 1. The van der Waals surface area contributed by atoms with Gasteiger partial charge in [0.1, 0.15) is 5.82 Å². The maximum atomic E-state index is 11.0. The van der Waals surface area contributed by atoms with Crippen LogP contribution < -0.4 is 10.6 Å². The van der Waals surface area contributed by atoms with Gasteiger partial charge in [0.15, 0.2) is 0 Å². The van der Waals surface area contributed by atoms with Gasteiger partial charge in [-0.05, 0) is 18.6 Å². The number of anilines is 1. The molecule has 1 atom stereocenters. The molecule has 1 amide bonds. The molecule has 0 aromatic carbocycles. The molecule has 2 N–H and O–H groups in total. The number of rotatable bonds is 2. The predicted octanol–water partition coefficient (Wildman–Crippen LogP) is 0.690. The molecule has 1 fully saturated rings. The monoisotopic (exact) mass is 191 g/mol. The van der Waals surface area contributed by atoms with Crippen LogP contribution in [-0.4, -0.2) is 23.5 Å². The van der Waals surface area contributed by atoms with E-state index in [0.717, 1.165) is 11.4 Å². The van der Waals surface area contributed by atoms with Crippen LogP contribution in [0.2, 0.25) is 0 Å². The van der Waals surface area contributed by atoms with Crippen LogP contribution in [0.15, 0.2) is 18.3 Å². The molecule has 1 saturated heterocycles. The number of hydrogen-bond donors (Lipinski definition) is 2. The van der Waals surface area contributed by atoms with Gasteiger partial charge in [0, 0.05) is 19.2 Å². The Morgan fingerprint density at radius 2 is 2.50 bits per heavy atom. The molecule has 1 unspecified atom stereocenters. The highest BCUT2D eigenvalue weighted by Crippen LogP contribution is 2.13. The summed E-state index contributed by atoms with van der Waals surface area (Å²) < 4.78 is 0. The summed E-state index contributed by atoms with van der Waals surface area (Å²) in [4.78, 5) is 15.2. The zero-order chi connectivity index (χ0) is 9.97. The average Bonchev–Trinajstić information content (AvgIpc) is 2.56. The van der Waals surface area contributed by atoms with E-state index in [1.165, 1.54) is 0 Å². The van der Waals surface area contributed by atoms with Crippen molar-refractivity contribution < 1.29 is 4.79 Å². The van der Waals surface area contributed by atoms with Gasteiger partial charge < -0.3 is 10.6 Å². The fourth-order valence-corrected chi connectivity index (χ4v) is 1.54. The summed E-state index contributed by atoms with van der Waals surface area (Å²) in [5.41, 5.74) is 1.10. The molecule has 2 rings (SSSR count). The van der Waals surface area contributed by atoms with Gasteiger partial charge >= 0.3 is 0 Å². The average molecular weight is 191 g/mol. The minimum atomic E-state index is 0.107. The zero-order valence-electron chi connectivity index (χ0n) is 8.08. The lowest BCUT2D eigenvalue weighted by Gasteiger charge is -2.12. The third kappa shape index (κ3) is 1.84. The summed E-state index contributed by atoms with van der Waals surface area (Å²) in [5.74, 6) is 0.977. The Hall–Kier alpha value is -1.58. The van der Waals surface area contributed by atoms with E-state index in [4.69, 9.17) is 0 Å². The van der Waals surface area contributed by atoms with Crippen LogP contribution in [-0.2, 0) is 4.79 Å². The highest BCUT2D eigenvalue weighted by Gasteiger charge is 2.21. The number of amides is 1. The summed E-state index contributed by atoms with van der Waals surface area (Å²) in [6.45, 7) is 2.69. The fraction of sp³-hybridized carbons (Fsp3) is 0.400. The van der Waals surface area contributed by atoms with Gasteiger partial charge in [0.25, 0.3) is 0 Å². The lowest BCUT2D eigenvalue weighted by Crippen LogP contribution is -2.23. The maximum Gasteiger partial charge on any atom is 0.222 e. The topological polar surface area (TPSA) is 54.0 Å². The Morgan fingerprint density at radius 3 is 3.14 bits per heavy atom. The molecule has 0 bridgehead atoms. The Kier molecular flexibility index (Phi) is 2.35. The van der Waals surface area contributed by atoms with Crippen molar-refractivity contribution in [1.82, 2.24) is 10.3 Å². The van der Waals surface area contributed by atoms with E-state index >= 15 is 0 Å². The van der Waals surface area contributed by atoms with Crippen molar-refractivity contribution in [2.45, 2.75) is 19.4 Å². The smallest absolute Gasteiger partial charge is 0.222 e. The number of pyridine rings is 1. The molecule has 0 radical (unpaired) electrons. The standard InChI is InChI=1S/C10H13N3O/c1-7-3-2-4-11-10(7)13-8-5-9(14)12-6-8/h2-4,8H,5-6H2,1H3,(H,11,13)(H,12,14). The maximum absolute atomic E-state index is 11.0. The molecule has 1 aromatic rings. The van der Waals surface area contributed by atoms with Crippen molar-refractivity contribution in [2.75, 3.05) is 11.9 Å². The summed E-state index contributed by atoms with van der Waals surface area (Å²) in [6, 6.07) is 4.08. The van der Waals surface area contributed by atoms with E-state index in [9.17, 15) is 4.79 Å². The number of aromatic nitrogens is 1. The van der Waals surface area contributed by atoms with Crippen molar-refractivity contribution in [3.05, 3.63) is 23.9 Å². The van der Waals surface area contributed by atoms with E-state index < -0.39 is 0 Å².